The molecule has 2 rings (SSSR count). The lowest BCUT2D eigenvalue weighted by molar-refractivity contribution is -0.118. The summed E-state index contributed by atoms with van der Waals surface area (Å²) in [5.41, 5.74) is 7.63. The van der Waals surface area contributed by atoms with Gasteiger partial charge in [0.15, 0.2) is 0 Å². The predicted octanol–water partition coefficient (Wildman–Crippen LogP) is 1.91. The van der Waals surface area contributed by atoms with Gasteiger partial charge in [0, 0.05) is 25.7 Å². The van der Waals surface area contributed by atoms with Crippen molar-refractivity contribution in [3.05, 3.63) is 29.8 Å². The highest BCUT2D eigenvalue weighted by Crippen LogP contribution is 2.33. The number of rotatable bonds is 4. The van der Waals surface area contributed by atoms with Crippen molar-refractivity contribution in [2.24, 2.45) is 11.7 Å². The Bertz CT molecular complexity index is 385. The molecule has 1 amide bonds. The first-order valence-corrected chi connectivity index (χ1v) is 5.77. The van der Waals surface area contributed by atoms with Crippen LogP contribution in [0.25, 0.3) is 0 Å². The van der Waals surface area contributed by atoms with Crippen LogP contribution < -0.4 is 10.6 Å². The number of carbonyl (C=O) groups excluding carboxylic acids is 1. The maximum absolute atomic E-state index is 11.9. The van der Waals surface area contributed by atoms with Crippen LogP contribution in [0.15, 0.2) is 24.3 Å². The van der Waals surface area contributed by atoms with E-state index < -0.39 is 0 Å². The molecule has 1 aliphatic rings. The quantitative estimate of drug-likeness (QED) is 0.839. The molecule has 0 heterocycles. The maximum Gasteiger partial charge on any atom is 0.227 e. The van der Waals surface area contributed by atoms with Gasteiger partial charge in [-0.3, -0.25) is 4.79 Å². The molecule has 3 heteroatoms. The van der Waals surface area contributed by atoms with Gasteiger partial charge in [0.1, 0.15) is 0 Å². The van der Waals surface area contributed by atoms with Crippen molar-refractivity contribution in [1.29, 1.82) is 0 Å². The minimum Gasteiger partial charge on any atom is -0.326 e. The van der Waals surface area contributed by atoms with Gasteiger partial charge in [-0.15, -0.1) is 0 Å². The third kappa shape index (κ3) is 2.42. The lowest BCUT2D eigenvalue weighted by Gasteiger charge is -2.20. The molecule has 1 fully saturated rings. The zero-order valence-corrected chi connectivity index (χ0v) is 9.65. The molecule has 0 aliphatic heterocycles. The second-order valence-corrected chi connectivity index (χ2v) is 4.43. The molecule has 1 aromatic rings. The highest BCUT2D eigenvalue weighted by atomic mass is 16.2. The van der Waals surface area contributed by atoms with E-state index in [1.807, 2.05) is 31.3 Å². The number of benzene rings is 1. The summed E-state index contributed by atoms with van der Waals surface area (Å²) in [6.07, 6.45) is 3.09. The van der Waals surface area contributed by atoms with Crippen LogP contribution in [0.5, 0.6) is 0 Å². The van der Waals surface area contributed by atoms with Gasteiger partial charge in [0.2, 0.25) is 5.91 Å². The topological polar surface area (TPSA) is 46.3 Å². The fourth-order valence-corrected chi connectivity index (χ4v) is 1.85. The number of amides is 1. The number of nitrogens with two attached hydrogens (primary N) is 1. The average Bonchev–Trinajstić information content (AvgIpc) is 3.11. The third-order valence-electron chi connectivity index (χ3n) is 3.11. The van der Waals surface area contributed by atoms with Crippen molar-refractivity contribution in [2.45, 2.75) is 25.8 Å². The van der Waals surface area contributed by atoms with Crippen LogP contribution in [0.3, 0.4) is 0 Å². The Balaban J connectivity index is 2.11. The molecular formula is C13H18N2O. The summed E-state index contributed by atoms with van der Waals surface area (Å²) in [4.78, 5) is 13.7. The summed E-state index contributed by atoms with van der Waals surface area (Å²) in [5, 5.41) is 0. The number of hydrogen-bond donors (Lipinski definition) is 1. The number of para-hydroxylation sites is 1. The third-order valence-corrected chi connectivity index (χ3v) is 3.11. The molecule has 16 heavy (non-hydrogen) atoms. The molecule has 0 atom stereocenters. The molecule has 3 nitrogen and oxygen atoms in total. The number of hydrogen-bond acceptors (Lipinski definition) is 2. The van der Waals surface area contributed by atoms with Crippen LogP contribution in [0, 0.1) is 5.92 Å². The molecule has 0 spiro atoms. The van der Waals surface area contributed by atoms with Gasteiger partial charge in [-0.1, -0.05) is 18.2 Å². The van der Waals surface area contributed by atoms with E-state index in [1.165, 1.54) is 12.8 Å². The molecule has 1 aromatic carbocycles. The molecular weight excluding hydrogens is 200 g/mol. The summed E-state index contributed by atoms with van der Waals surface area (Å²) in [6.45, 7) is 0.469. The molecule has 86 valence electrons. The van der Waals surface area contributed by atoms with Crippen LogP contribution in [0.4, 0.5) is 5.69 Å². The predicted molar refractivity (Wildman–Crippen MR) is 65.1 cm³/mol. The molecule has 0 unspecified atom stereocenters. The first-order valence-electron chi connectivity index (χ1n) is 5.77. The van der Waals surface area contributed by atoms with E-state index in [0.29, 0.717) is 18.9 Å². The van der Waals surface area contributed by atoms with Crippen molar-refractivity contribution in [1.82, 2.24) is 0 Å². The van der Waals surface area contributed by atoms with E-state index in [2.05, 4.69) is 0 Å². The minimum absolute atomic E-state index is 0.198. The normalized spacial score (nSPS) is 14.9. The Labute approximate surface area is 96.2 Å². The lowest BCUT2D eigenvalue weighted by atomic mass is 10.1. The van der Waals surface area contributed by atoms with Crippen molar-refractivity contribution >= 4 is 11.6 Å². The lowest BCUT2D eigenvalue weighted by Crippen LogP contribution is -2.27. The molecule has 2 N–H and O–H groups in total. The minimum atomic E-state index is 0.198. The number of nitrogens with zero attached hydrogens (tertiary/aromatic N) is 1. The van der Waals surface area contributed by atoms with E-state index >= 15 is 0 Å². The first kappa shape index (κ1) is 11.1. The zero-order valence-electron chi connectivity index (χ0n) is 9.65. The molecule has 1 saturated carbocycles. The van der Waals surface area contributed by atoms with E-state index in [9.17, 15) is 4.79 Å². The summed E-state index contributed by atoms with van der Waals surface area (Å²) < 4.78 is 0. The van der Waals surface area contributed by atoms with E-state index in [1.54, 1.807) is 4.90 Å². The highest BCUT2D eigenvalue weighted by Gasteiger charge is 2.26. The molecule has 1 aliphatic carbocycles. The Hall–Kier alpha value is -1.35. The largest absolute Gasteiger partial charge is 0.326 e. The fourth-order valence-electron chi connectivity index (χ4n) is 1.85. The Morgan fingerprint density at radius 3 is 2.75 bits per heavy atom. The maximum atomic E-state index is 11.9. The SMILES string of the molecule is CN(C(=O)CC1CC1)c1ccccc1CN. The van der Waals surface area contributed by atoms with Gasteiger partial charge in [0.05, 0.1) is 0 Å². The van der Waals surface area contributed by atoms with Crippen molar-refractivity contribution < 1.29 is 4.79 Å². The van der Waals surface area contributed by atoms with Crippen LogP contribution in [0.1, 0.15) is 24.8 Å². The fraction of sp³-hybridized carbons (Fsp3) is 0.462. The van der Waals surface area contributed by atoms with Gasteiger partial charge < -0.3 is 10.6 Å². The van der Waals surface area contributed by atoms with E-state index in [0.717, 1.165) is 11.3 Å². The van der Waals surface area contributed by atoms with Gasteiger partial charge in [-0.2, -0.15) is 0 Å². The van der Waals surface area contributed by atoms with E-state index in [-0.39, 0.29) is 5.91 Å². The van der Waals surface area contributed by atoms with Gasteiger partial charge in [-0.05, 0) is 30.4 Å². The zero-order chi connectivity index (χ0) is 11.5. The van der Waals surface area contributed by atoms with E-state index in [4.69, 9.17) is 5.73 Å². The smallest absolute Gasteiger partial charge is 0.227 e. The van der Waals surface area contributed by atoms with Crippen molar-refractivity contribution in [3.8, 4) is 0 Å². The Morgan fingerprint density at radius 2 is 2.12 bits per heavy atom. The summed E-state index contributed by atoms with van der Waals surface area (Å²) in [6, 6.07) is 7.81. The summed E-state index contributed by atoms with van der Waals surface area (Å²) in [5.74, 6) is 0.823. The first-order chi connectivity index (χ1) is 7.72. The summed E-state index contributed by atoms with van der Waals surface area (Å²) >= 11 is 0. The Morgan fingerprint density at radius 1 is 1.44 bits per heavy atom. The molecule has 0 aromatic heterocycles. The Kier molecular flexibility index (Phi) is 3.25. The second-order valence-electron chi connectivity index (χ2n) is 4.43. The summed E-state index contributed by atoms with van der Waals surface area (Å²) in [7, 11) is 1.83. The standard InChI is InChI=1S/C13H18N2O/c1-15(13(16)8-10-6-7-10)12-5-3-2-4-11(12)9-14/h2-5,10H,6-9,14H2,1H3. The van der Waals surface area contributed by atoms with Gasteiger partial charge in [-0.25, -0.2) is 0 Å². The van der Waals surface area contributed by atoms with Gasteiger partial charge in [0.25, 0.3) is 0 Å². The average molecular weight is 218 g/mol. The van der Waals surface area contributed by atoms with Crippen LogP contribution in [-0.2, 0) is 11.3 Å². The second kappa shape index (κ2) is 4.66. The van der Waals surface area contributed by atoms with Crippen molar-refractivity contribution in [2.75, 3.05) is 11.9 Å². The highest BCUT2D eigenvalue weighted by molar-refractivity contribution is 5.93. The molecule has 0 bridgehead atoms. The number of anilines is 1. The molecule has 0 radical (unpaired) electrons. The molecule has 0 saturated heterocycles. The van der Waals surface area contributed by atoms with Gasteiger partial charge >= 0.3 is 0 Å². The number of carbonyl (C=O) groups is 1. The van der Waals surface area contributed by atoms with Crippen LogP contribution >= 0.6 is 0 Å². The van der Waals surface area contributed by atoms with Crippen LogP contribution in [0.2, 0.25) is 0 Å². The monoisotopic (exact) mass is 218 g/mol. The van der Waals surface area contributed by atoms with Crippen LogP contribution in [-0.4, -0.2) is 13.0 Å². The van der Waals surface area contributed by atoms with Crippen molar-refractivity contribution in [3.63, 3.8) is 0 Å².